The molecule has 0 radical (unpaired) electrons. The summed E-state index contributed by atoms with van der Waals surface area (Å²) in [6.07, 6.45) is 2.62. The molecule has 1 N–H and O–H groups in total. The smallest absolute Gasteiger partial charge is 0.185 e. The van der Waals surface area contributed by atoms with Gasteiger partial charge in [-0.25, -0.2) is 4.98 Å². The highest BCUT2D eigenvalue weighted by atomic mass is 32.1. The van der Waals surface area contributed by atoms with Crippen LogP contribution in [-0.4, -0.2) is 24.1 Å². The van der Waals surface area contributed by atoms with Crippen molar-refractivity contribution >= 4 is 16.5 Å². The Morgan fingerprint density at radius 2 is 2.28 bits per heavy atom. The molecule has 0 aromatic carbocycles. The fourth-order valence-electron chi connectivity index (χ4n) is 2.74. The van der Waals surface area contributed by atoms with Crippen molar-refractivity contribution in [3.63, 3.8) is 0 Å². The van der Waals surface area contributed by atoms with Crippen LogP contribution in [0.3, 0.4) is 0 Å². The third kappa shape index (κ3) is 2.86. The largest absolute Gasteiger partial charge is 0.345 e. The molecule has 102 valence electrons. The number of hydrogen-bond donors (Lipinski definition) is 1. The molecule has 2 rings (SSSR count). The first-order chi connectivity index (χ1) is 8.63. The molecule has 3 nitrogen and oxygen atoms in total. The molecule has 0 amide bonds. The Morgan fingerprint density at radius 1 is 1.50 bits per heavy atom. The molecule has 0 aliphatic carbocycles. The predicted molar refractivity (Wildman–Crippen MR) is 79.4 cm³/mol. The number of nitrogens with one attached hydrogen (secondary N) is 1. The number of rotatable bonds is 5. The van der Waals surface area contributed by atoms with Gasteiger partial charge in [0.2, 0.25) is 0 Å². The van der Waals surface area contributed by atoms with E-state index in [0.29, 0.717) is 18.0 Å². The van der Waals surface area contributed by atoms with Crippen molar-refractivity contribution in [2.45, 2.75) is 52.6 Å². The van der Waals surface area contributed by atoms with Crippen LogP contribution in [0.2, 0.25) is 0 Å². The number of thiazole rings is 1. The van der Waals surface area contributed by atoms with Crippen LogP contribution in [0.5, 0.6) is 0 Å². The molecule has 4 heteroatoms. The number of nitrogens with zero attached hydrogens (tertiary/aromatic N) is 2. The third-order valence-electron chi connectivity index (χ3n) is 3.78. The molecular formula is C14H25N3S. The van der Waals surface area contributed by atoms with Crippen LogP contribution < -0.4 is 10.2 Å². The number of anilines is 1. The molecule has 1 aliphatic heterocycles. The molecule has 1 aromatic heterocycles. The van der Waals surface area contributed by atoms with Crippen LogP contribution in [0.1, 0.15) is 52.3 Å². The van der Waals surface area contributed by atoms with Crippen molar-refractivity contribution in [2.24, 2.45) is 5.92 Å². The Morgan fingerprint density at radius 3 is 2.94 bits per heavy atom. The van der Waals surface area contributed by atoms with Crippen LogP contribution in [0.4, 0.5) is 5.13 Å². The minimum atomic E-state index is 0.361. The van der Waals surface area contributed by atoms with E-state index in [2.05, 4.69) is 43.3 Å². The highest BCUT2D eigenvalue weighted by Crippen LogP contribution is 2.32. The molecule has 18 heavy (non-hydrogen) atoms. The summed E-state index contributed by atoms with van der Waals surface area (Å²) in [5.74, 6) is 0.714. The van der Waals surface area contributed by atoms with Gasteiger partial charge in [0.25, 0.3) is 0 Å². The van der Waals surface area contributed by atoms with E-state index in [1.54, 1.807) is 11.3 Å². The molecule has 2 unspecified atom stereocenters. The second-order valence-corrected chi connectivity index (χ2v) is 6.32. The summed E-state index contributed by atoms with van der Waals surface area (Å²) in [6.45, 7) is 11.1. The van der Waals surface area contributed by atoms with Gasteiger partial charge in [0.1, 0.15) is 0 Å². The van der Waals surface area contributed by atoms with E-state index in [9.17, 15) is 0 Å². The Hall–Kier alpha value is -0.610. The second kappa shape index (κ2) is 6.02. The summed E-state index contributed by atoms with van der Waals surface area (Å²) in [7, 11) is 0. The summed E-state index contributed by atoms with van der Waals surface area (Å²) in [5, 5.41) is 6.85. The van der Waals surface area contributed by atoms with Gasteiger partial charge >= 0.3 is 0 Å². The minimum Gasteiger partial charge on any atom is -0.345 e. The van der Waals surface area contributed by atoms with Gasteiger partial charge in [-0.2, -0.15) is 0 Å². The molecule has 1 saturated heterocycles. The van der Waals surface area contributed by atoms with Gasteiger partial charge in [-0.3, -0.25) is 0 Å². The van der Waals surface area contributed by atoms with Crippen LogP contribution in [0, 0.1) is 5.92 Å². The average Bonchev–Trinajstić information content (AvgIpc) is 2.98. The lowest BCUT2D eigenvalue weighted by Gasteiger charge is -2.27. The van der Waals surface area contributed by atoms with E-state index >= 15 is 0 Å². The number of hydrogen-bond acceptors (Lipinski definition) is 4. The van der Waals surface area contributed by atoms with E-state index in [-0.39, 0.29) is 0 Å². The van der Waals surface area contributed by atoms with Crippen molar-refractivity contribution in [1.29, 1.82) is 0 Å². The lowest BCUT2D eigenvalue weighted by Crippen LogP contribution is -2.33. The first kappa shape index (κ1) is 13.8. The van der Waals surface area contributed by atoms with Crippen LogP contribution in [0.25, 0.3) is 0 Å². The molecule has 1 aromatic rings. The first-order valence-electron chi connectivity index (χ1n) is 7.09. The van der Waals surface area contributed by atoms with E-state index in [1.807, 2.05) is 0 Å². The van der Waals surface area contributed by atoms with Crippen molar-refractivity contribution in [2.75, 3.05) is 18.0 Å². The SMILES string of the molecule is CCNC(C)c1csc(N2CCCC2C(C)C)n1. The Bertz CT molecular complexity index is 375. The fourth-order valence-corrected chi connectivity index (χ4v) is 3.74. The van der Waals surface area contributed by atoms with Crippen molar-refractivity contribution in [3.8, 4) is 0 Å². The molecule has 1 aliphatic rings. The zero-order valence-corrected chi connectivity index (χ0v) is 12.8. The maximum absolute atomic E-state index is 4.83. The van der Waals surface area contributed by atoms with E-state index in [4.69, 9.17) is 4.98 Å². The molecule has 0 spiro atoms. The highest BCUT2D eigenvalue weighted by Gasteiger charge is 2.29. The molecule has 0 saturated carbocycles. The summed E-state index contributed by atoms with van der Waals surface area (Å²) in [5.41, 5.74) is 1.19. The zero-order valence-electron chi connectivity index (χ0n) is 11.9. The van der Waals surface area contributed by atoms with E-state index in [1.165, 1.54) is 30.2 Å². The van der Waals surface area contributed by atoms with Crippen LogP contribution in [-0.2, 0) is 0 Å². The standard InChI is InChI=1S/C14H25N3S/c1-5-15-11(4)12-9-18-14(16-12)17-8-6-7-13(17)10(2)3/h9-11,13,15H,5-8H2,1-4H3. The second-order valence-electron chi connectivity index (χ2n) is 5.48. The van der Waals surface area contributed by atoms with Crippen molar-refractivity contribution in [3.05, 3.63) is 11.1 Å². The van der Waals surface area contributed by atoms with Gasteiger partial charge in [-0.1, -0.05) is 20.8 Å². The monoisotopic (exact) mass is 267 g/mol. The maximum atomic E-state index is 4.83. The number of aromatic nitrogens is 1. The lowest BCUT2D eigenvalue weighted by molar-refractivity contribution is 0.490. The normalized spacial score (nSPS) is 21.8. The summed E-state index contributed by atoms with van der Waals surface area (Å²) in [6, 6.07) is 1.04. The van der Waals surface area contributed by atoms with Crippen LogP contribution in [0.15, 0.2) is 5.38 Å². The third-order valence-corrected chi connectivity index (χ3v) is 4.67. The molecule has 1 fully saturated rings. The highest BCUT2D eigenvalue weighted by molar-refractivity contribution is 7.13. The van der Waals surface area contributed by atoms with Gasteiger partial charge in [0.05, 0.1) is 5.69 Å². The van der Waals surface area contributed by atoms with Gasteiger partial charge in [0.15, 0.2) is 5.13 Å². The van der Waals surface area contributed by atoms with Crippen LogP contribution >= 0.6 is 11.3 Å². The lowest BCUT2D eigenvalue weighted by atomic mass is 10.0. The average molecular weight is 267 g/mol. The predicted octanol–water partition coefficient (Wildman–Crippen LogP) is 3.44. The van der Waals surface area contributed by atoms with Crippen molar-refractivity contribution in [1.82, 2.24) is 10.3 Å². The van der Waals surface area contributed by atoms with Gasteiger partial charge in [-0.15, -0.1) is 11.3 Å². The summed E-state index contributed by atoms with van der Waals surface area (Å²) >= 11 is 1.80. The van der Waals surface area contributed by atoms with Gasteiger partial charge in [0, 0.05) is 24.0 Å². The quantitative estimate of drug-likeness (QED) is 0.886. The Labute approximate surface area is 115 Å². The first-order valence-corrected chi connectivity index (χ1v) is 7.97. The Balaban J connectivity index is 2.09. The Kier molecular flexibility index (Phi) is 4.62. The maximum Gasteiger partial charge on any atom is 0.185 e. The molecule has 0 bridgehead atoms. The minimum absolute atomic E-state index is 0.361. The van der Waals surface area contributed by atoms with Gasteiger partial charge in [-0.05, 0) is 32.2 Å². The van der Waals surface area contributed by atoms with E-state index in [0.717, 1.165) is 6.54 Å². The topological polar surface area (TPSA) is 28.2 Å². The summed E-state index contributed by atoms with van der Waals surface area (Å²) in [4.78, 5) is 7.34. The fraction of sp³-hybridized carbons (Fsp3) is 0.786. The molecule has 2 heterocycles. The van der Waals surface area contributed by atoms with Crippen molar-refractivity contribution < 1.29 is 0 Å². The summed E-state index contributed by atoms with van der Waals surface area (Å²) < 4.78 is 0. The van der Waals surface area contributed by atoms with Gasteiger partial charge < -0.3 is 10.2 Å². The van der Waals surface area contributed by atoms with E-state index < -0.39 is 0 Å². The molecule has 2 atom stereocenters. The zero-order chi connectivity index (χ0) is 13.1. The molecular weight excluding hydrogens is 242 g/mol.